The third kappa shape index (κ3) is 2.08. The van der Waals surface area contributed by atoms with Gasteiger partial charge in [0.05, 0.1) is 12.0 Å². The summed E-state index contributed by atoms with van der Waals surface area (Å²) in [6.45, 7) is 0. The molecule has 0 aliphatic heterocycles. The lowest BCUT2D eigenvalue weighted by Crippen LogP contribution is -1.95. The number of hydrogen-bond donors (Lipinski definition) is 0. The summed E-state index contributed by atoms with van der Waals surface area (Å²) in [4.78, 5) is 10.5. The number of hydrogen-bond acceptors (Lipinski definition) is 4. The van der Waals surface area contributed by atoms with Crippen molar-refractivity contribution in [2.24, 2.45) is 0 Å². The predicted molar refractivity (Wildman–Crippen MR) is 52.0 cm³/mol. The molecule has 0 saturated heterocycles. The van der Waals surface area contributed by atoms with Crippen LogP contribution < -0.4 is 4.74 Å². The number of nitrogens with zero attached hydrogens (tertiary/aromatic N) is 1. The first-order valence-electron chi connectivity index (χ1n) is 3.72. The van der Waals surface area contributed by atoms with Crippen molar-refractivity contribution in [2.75, 3.05) is 13.4 Å². The maximum atomic E-state index is 11.1. The van der Waals surface area contributed by atoms with Crippen molar-refractivity contribution in [3.8, 4) is 5.75 Å². The van der Waals surface area contributed by atoms with Crippen LogP contribution in [0.5, 0.6) is 5.75 Å². The monoisotopic (exact) mass is 215 g/mol. The number of nitro benzene ring substituents is 1. The molecule has 0 N–H and O–H groups in total. The lowest BCUT2D eigenvalue weighted by Gasteiger charge is -2.02. The Hall–Kier alpha value is -1.43. The molecule has 0 radical (unpaired) electrons. The molecule has 0 fully saturated rings. The Morgan fingerprint density at radius 1 is 1.50 bits per heavy atom. The third-order valence-corrected chi connectivity index (χ3v) is 2.60. The molecule has 14 heavy (non-hydrogen) atoms. The third-order valence-electron chi connectivity index (χ3n) is 1.68. The molecule has 1 unspecified atom stereocenters. The number of rotatable bonds is 3. The van der Waals surface area contributed by atoms with Gasteiger partial charge in [0.15, 0.2) is 5.75 Å². The average molecular weight is 215 g/mol. The Balaban J connectivity index is 3.25. The van der Waals surface area contributed by atoms with Crippen LogP contribution in [0.4, 0.5) is 5.69 Å². The van der Waals surface area contributed by atoms with Gasteiger partial charge in [-0.2, -0.15) is 0 Å². The van der Waals surface area contributed by atoms with Crippen LogP contribution in [-0.4, -0.2) is 22.5 Å². The van der Waals surface area contributed by atoms with E-state index in [-0.39, 0.29) is 11.4 Å². The molecule has 1 rings (SSSR count). The topological polar surface area (TPSA) is 69.4 Å². The van der Waals surface area contributed by atoms with Crippen LogP contribution in [0, 0.1) is 10.1 Å². The first-order chi connectivity index (χ1) is 6.56. The van der Waals surface area contributed by atoms with E-state index in [1.54, 1.807) is 0 Å². The highest BCUT2D eigenvalue weighted by Gasteiger charge is 2.15. The van der Waals surface area contributed by atoms with E-state index in [2.05, 4.69) is 0 Å². The quantitative estimate of drug-likeness (QED) is 0.563. The fourth-order valence-electron chi connectivity index (χ4n) is 0.988. The van der Waals surface area contributed by atoms with Gasteiger partial charge in [0.1, 0.15) is 0 Å². The molecular weight excluding hydrogens is 206 g/mol. The lowest BCUT2D eigenvalue weighted by atomic mass is 10.3. The van der Waals surface area contributed by atoms with Crippen molar-refractivity contribution in [3.63, 3.8) is 0 Å². The standard InChI is InChI=1S/C8H9NO4S/c1-13-8-5-6(14(2)12)3-4-7(8)9(10)11/h3-5H,1-2H3. The molecule has 0 aliphatic rings. The number of nitro groups is 1. The van der Waals surface area contributed by atoms with E-state index in [0.29, 0.717) is 4.90 Å². The van der Waals surface area contributed by atoms with Crippen LogP contribution in [0.25, 0.3) is 0 Å². The molecule has 1 aromatic carbocycles. The largest absolute Gasteiger partial charge is 0.490 e. The zero-order valence-electron chi connectivity index (χ0n) is 7.72. The Morgan fingerprint density at radius 2 is 2.14 bits per heavy atom. The summed E-state index contributed by atoms with van der Waals surface area (Å²) in [5.74, 6) is 0.128. The first-order valence-corrected chi connectivity index (χ1v) is 5.28. The van der Waals surface area contributed by atoms with Gasteiger partial charge in [-0.1, -0.05) is 0 Å². The van der Waals surface area contributed by atoms with E-state index in [1.807, 2.05) is 0 Å². The SMILES string of the molecule is COc1cc(S(C)=O)ccc1[N+](=O)[O-]. The van der Waals surface area contributed by atoms with E-state index in [1.165, 1.54) is 31.6 Å². The van der Waals surface area contributed by atoms with E-state index in [0.717, 1.165) is 0 Å². The molecule has 6 heteroatoms. The van der Waals surface area contributed by atoms with Crippen molar-refractivity contribution >= 4 is 16.5 Å². The summed E-state index contributed by atoms with van der Waals surface area (Å²) >= 11 is 0. The molecular formula is C8H9NO4S. The van der Waals surface area contributed by atoms with Gasteiger partial charge in [0.2, 0.25) is 0 Å². The van der Waals surface area contributed by atoms with Gasteiger partial charge >= 0.3 is 5.69 Å². The lowest BCUT2D eigenvalue weighted by molar-refractivity contribution is -0.385. The van der Waals surface area contributed by atoms with Crippen LogP contribution in [0.1, 0.15) is 0 Å². The molecule has 5 nitrogen and oxygen atoms in total. The zero-order valence-corrected chi connectivity index (χ0v) is 8.54. The number of benzene rings is 1. The molecule has 0 bridgehead atoms. The van der Waals surface area contributed by atoms with Gasteiger partial charge in [-0.3, -0.25) is 14.3 Å². The molecule has 0 heterocycles. The predicted octanol–water partition coefficient (Wildman–Crippen LogP) is 1.34. The summed E-state index contributed by atoms with van der Waals surface area (Å²) in [6, 6.07) is 4.15. The van der Waals surface area contributed by atoms with E-state index in [9.17, 15) is 14.3 Å². The Labute approximate surface area is 83.3 Å². The van der Waals surface area contributed by atoms with Crippen LogP contribution in [0.15, 0.2) is 23.1 Å². The van der Waals surface area contributed by atoms with Crippen LogP contribution in [-0.2, 0) is 10.8 Å². The van der Waals surface area contributed by atoms with Gasteiger partial charge in [0.25, 0.3) is 0 Å². The van der Waals surface area contributed by atoms with Gasteiger partial charge in [-0.15, -0.1) is 0 Å². The molecule has 0 aliphatic carbocycles. The summed E-state index contributed by atoms with van der Waals surface area (Å²) in [5.41, 5.74) is -0.123. The van der Waals surface area contributed by atoms with Crippen molar-refractivity contribution in [2.45, 2.75) is 4.90 Å². The minimum absolute atomic E-state index is 0.123. The Kier molecular flexibility index (Phi) is 3.19. The van der Waals surface area contributed by atoms with Crippen molar-refractivity contribution in [1.82, 2.24) is 0 Å². The molecule has 76 valence electrons. The highest BCUT2D eigenvalue weighted by Crippen LogP contribution is 2.28. The second-order valence-electron chi connectivity index (χ2n) is 2.54. The number of ether oxygens (including phenoxy) is 1. The highest BCUT2D eigenvalue weighted by atomic mass is 32.2. The summed E-state index contributed by atoms with van der Waals surface area (Å²) in [7, 11) is 0.173. The van der Waals surface area contributed by atoms with Crippen molar-refractivity contribution in [1.29, 1.82) is 0 Å². The zero-order chi connectivity index (χ0) is 10.7. The highest BCUT2D eigenvalue weighted by molar-refractivity contribution is 7.84. The van der Waals surface area contributed by atoms with Gasteiger partial charge in [-0.05, 0) is 6.07 Å². The Bertz CT molecular complexity index is 391. The van der Waals surface area contributed by atoms with Crippen LogP contribution in [0.2, 0.25) is 0 Å². The molecule has 0 spiro atoms. The van der Waals surface area contributed by atoms with E-state index < -0.39 is 15.7 Å². The van der Waals surface area contributed by atoms with Gasteiger partial charge in [0, 0.05) is 34.1 Å². The van der Waals surface area contributed by atoms with Crippen LogP contribution >= 0.6 is 0 Å². The van der Waals surface area contributed by atoms with E-state index >= 15 is 0 Å². The molecule has 0 aromatic heterocycles. The summed E-state index contributed by atoms with van der Waals surface area (Å²) in [6.07, 6.45) is 1.50. The summed E-state index contributed by atoms with van der Waals surface area (Å²) in [5, 5.41) is 10.5. The second-order valence-corrected chi connectivity index (χ2v) is 3.92. The maximum absolute atomic E-state index is 11.1. The van der Waals surface area contributed by atoms with E-state index in [4.69, 9.17) is 4.74 Å². The fraction of sp³-hybridized carbons (Fsp3) is 0.250. The van der Waals surface area contributed by atoms with Gasteiger partial charge in [-0.25, -0.2) is 0 Å². The fourth-order valence-corrected chi connectivity index (χ4v) is 1.52. The molecule has 0 saturated carbocycles. The van der Waals surface area contributed by atoms with Crippen molar-refractivity contribution in [3.05, 3.63) is 28.3 Å². The molecule has 1 aromatic rings. The van der Waals surface area contributed by atoms with Crippen molar-refractivity contribution < 1.29 is 13.9 Å². The smallest absolute Gasteiger partial charge is 0.310 e. The molecule has 0 amide bonds. The second kappa shape index (κ2) is 4.19. The number of methoxy groups -OCH3 is 1. The summed E-state index contributed by atoms with van der Waals surface area (Å²) < 4.78 is 15.9. The average Bonchev–Trinajstić information content (AvgIpc) is 2.16. The van der Waals surface area contributed by atoms with Gasteiger partial charge < -0.3 is 4.74 Å². The Morgan fingerprint density at radius 3 is 2.57 bits per heavy atom. The normalized spacial score (nSPS) is 12.1. The molecule has 1 atom stereocenters. The minimum atomic E-state index is -1.16. The maximum Gasteiger partial charge on any atom is 0.310 e. The minimum Gasteiger partial charge on any atom is -0.490 e. The van der Waals surface area contributed by atoms with Crippen LogP contribution in [0.3, 0.4) is 0 Å². The first kappa shape index (κ1) is 10.6.